The topological polar surface area (TPSA) is 146 Å². The molecule has 0 aliphatic carbocycles. The standard InChI is InChI=1S/C37H63NO8/c1-12-14-15-23(5)35(46-37(44)38-26(8)13-2)28(10)33(41)25(7)19-21(3)18-24(6)32(40)22(4)16-17-30(39)20-31-27(9)34(42)29(11)36(43)45-31/h12,14-18,22-35,39-42H,1,13,19-20H2,2-11H3,(H,38,44)/b15-14-,17-16-,21-18-/t22?,23-,24-,25-,26?,27-,28-,29+,30+,31?,32-,33+,34-,35-/m0/s1. The Bertz CT molecular complexity index is 1040. The molecule has 9 nitrogen and oxygen atoms in total. The molecule has 1 heterocycles. The lowest BCUT2D eigenvalue weighted by Crippen LogP contribution is -2.47. The lowest BCUT2D eigenvalue weighted by molar-refractivity contribution is -0.179. The van der Waals surface area contributed by atoms with Crippen LogP contribution < -0.4 is 5.32 Å². The molecule has 1 fully saturated rings. The normalized spacial score (nSPS) is 27.5. The summed E-state index contributed by atoms with van der Waals surface area (Å²) in [6.07, 6.45) is 7.51. The molecule has 0 aromatic heterocycles. The van der Waals surface area contributed by atoms with Gasteiger partial charge in [0.1, 0.15) is 12.2 Å². The van der Waals surface area contributed by atoms with Crippen molar-refractivity contribution in [2.24, 2.45) is 41.4 Å². The fraction of sp³-hybridized carbons (Fsp3) is 0.730. The quantitative estimate of drug-likeness (QED) is 0.0720. The summed E-state index contributed by atoms with van der Waals surface area (Å²) in [5.41, 5.74) is 1.02. The van der Waals surface area contributed by atoms with Crippen LogP contribution in [0.1, 0.15) is 88.5 Å². The third kappa shape index (κ3) is 13.0. The minimum absolute atomic E-state index is 0.0225. The van der Waals surface area contributed by atoms with Gasteiger partial charge in [0.2, 0.25) is 0 Å². The van der Waals surface area contributed by atoms with Crippen molar-refractivity contribution in [3.8, 4) is 0 Å². The molecule has 3 unspecified atom stereocenters. The molecule has 5 N–H and O–H groups in total. The molecule has 1 rings (SSSR count). The van der Waals surface area contributed by atoms with Gasteiger partial charge in [-0.2, -0.15) is 0 Å². The second kappa shape index (κ2) is 20.0. The molecule has 0 radical (unpaired) electrons. The molecule has 14 atom stereocenters. The number of alkyl carbamates (subject to hydrolysis) is 1. The van der Waals surface area contributed by atoms with Gasteiger partial charge in [-0.25, -0.2) is 4.79 Å². The van der Waals surface area contributed by atoms with E-state index in [9.17, 15) is 30.0 Å². The van der Waals surface area contributed by atoms with E-state index in [2.05, 4.69) is 11.9 Å². The Labute approximate surface area is 277 Å². The number of hydrogen-bond donors (Lipinski definition) is 5. The number of hydrogen-bond acceptors (Lipinski definition) is 8. The Hall–Kier alpha value is -2.46. The number of rotatable bonds is 18. The van der Waals surface area contributed by atoms with Crippen LogP contribution in [0.3, 0.4) is 0 Å². The van der Waals surface area contributed by atoms with Crippen molar-refractivity contribution in [1.82, 2.24) is 5.32 Å². The molecule has 9 heteroatoms. The Morgan fingerprint density at radius 3 is 2.22 bits per heavy atom. The maximum Gasteiger partial charge on any atom is 0.407 e. The van der Waals surface area contributed by atoms with Crippen molar-refractivity contribution in [1.29, 1.82) is 0 Å². The second-order valence-corrected chi connectivity index (χ2v) is 13.9. The summed E-state index contributed by atoms with van der Waals surface area (Å²) < 4.78 is 11.3. The highest BCUT2D eigenvalue weighted by Crippen LogP contribution is 2.31. The third-order valence-electron chi connectivity index (χ3n) is 9.58. The third-order valence-corrected chi connectivity index (χ3v) is 9.58. The summed E-state index contributed by atoms with van der Waals surface area (Å²) in [6.45, 7) is 22.7. The Kier molecular flexibility index (Phi) is 18.1. The van der Waals surface area contributed by atoms with Crippen LogP contribution in [-0.2, 0) is 14.3 Å². The van der Waals surface area contributed by atoms with Gasteiger partial charge < -0.3 is 35.2 Å². The van der Waals surface area contributed by atoms with Crippen molar-refractivity contribution in [3.63, 3.8) is 0 Å². The number of carbonyl (C=O) groups excluding carboxylic acids is 2. The smallest absolute Gasteiger partial charge is 0.407 e. The van der Waals surface area contributed by atoms with Gasteiger partial charge in [-0.15, -0.1) is 0 Å². The number of carbonyl (C=O) groups is 2. The predicted molar refractivity (Wildman–Crippen MR) is 183 cm³/mol. The van der Waals surface area contributed by atoms with Gasteiger partial charge in [0, 0.05) is 42.1 Å². The number of nitrogens with one attached hydrogen (secondary N) is 1. The monoisotopic (exact) mass is 649 g/mol. The highest BCUT2D eigenvalue weighted by atomic mass is 16.6. The predicted octanol–water partition coefficient (Wildman–Crippen LogP) is 5.73. The first-order valence-electron chi connectivity index (χ1n) is 17.0. The van der Waals surface area contributed by atoms with Crippen molar-refractivity contribution in [2.45, 2.75) is 131 Å². The molecule has 264 valence electrons. The van der Waals surface area contributed by atoms with Crippen LogP contribution in [0.5, 0.6) is 0 Å². The average molecular weight is 650 g/mol. The summed E-state index contributed by atoms with van der Waals surface area (Å²) in [6, 6.07) is -0.0225. The molecular weight excluding hydrogens is 586 g/mol. The molecule has 1 aliphatic rings. The molecule has 1 aliphatic heterocycles. The van der Waals surface area contributed by atoms with Crippen LogP contribution in [0.4, 0.5) is 4.79 Å². The highest BCUT2D eigenvalue weighted by molar-refractivity contribution is 5.73. The van der Waals surface area contributed by atoms with E-state index < -0.39 is 54.6 Å². The Balaban J connectivity index is 2.83. The highest BCUT2D eigenvalue weighted by Gasteiger charge is 2.41. The van der Waals surface area contributed by atoms with E-state index in [1.165, 1.54) is 0 Å². The van der Waals surface area contributed by atoms with Crippen molar-refractivity contribution >= 4 is 12.1 Å². The average Bonchev–Trinajstić information content (AvgIpc) is 3.01. The number of aliphatic hydroxyl groups is 4. The van der Waals surface area contributed by atoms with E-state index in [0.717, 1.165) is 12.0 Å². The SMILES string of the molecule is C=C/C=C\[C@H](C)[C@H](OC(=O)NC(C)CC)[C@@H](C)[C@H](O)[C@@H](C)C/C(C)=C\[C@H](C)[C@@H](O)C(C)/C=C\[C@@H](O)CC1OC(=O)[C@H](C)[C@@H](O)[C@H]1C. The lowest BCUT2D eigenvalue weighted by Gasteiger charge is -2.36. The minimum Gasteiger partial charge on any atom is -0.462 e. The van der Waals surface area contributed by atoms with E-state index in [0.29, 0.717) is 6.42 Å². The largest absolute Gasteiger partial charge is 0.462 e. The zero-order valence-corrected chi connectivity index (χ0v) is 29.8. The molecule has 0 saturated carbocycles. The van der Waals surface area contributed by atoms with Gasteiger partial charge in [-0.05, 0) is 39.5 Å². The molecule has 0 aromatic rings. The van der Waals surface area contributed by atoms with E-state index >= 15 is 0 Å². The second-order valence-electron chi connectivity index (χ2n) is 13.9. The summed E-state index contributed by atoms with van der Waals surface area (Å²) >= 11 is 0. The van der Waals surface area contributed by atoms with Gasteiger partial charge in [0.25, 0.3) is 0 Å². The number of ether oxygens (including phenoxy) is 2. The number of cyclic esters (lactones) is 1. The van der Waals surface area contributed by atoms with Crippen LogP contribution in [-0.4, -0.2) is 75.2 Å². The zero-order chi connectivity index (χ0) is 35.3. The molecular formula is C37H63NO8. The maximum atomic E-state index is 12.6. The van der Waals surface area contributed by atoms with Crippen LogP contribution >= 0.6 is 0 Å². The summed E-state index contributed by atoms with van der Waals surface area (Å²) in [7, 11) is 0. The van der Waals surface area contributed by atoms with Crippen molar-refractivity contribution < 1.29 is 39.5 Å². The Morgan fingerprint density at radius 2 is 1.63 bits per heavy atom. The molecule has 1 saturated heterocycles. The molecule has 46 heavy (non-hydrogen) atoms. The maximum absolute atomic E-state index is 12.6. The summed E-state index contributed by atoms with van der Waals surface area (Å²) in [5, 5.41) is 46.1. The van der Waals surface area contributed by atoms with Crippen LogP contribution in [0.15, 0.2) is 48.6 Å². The number of esters is 1. The number of amides is 1. The van der Waals surface area contributed by atoms with E-state index in [1.807, 2.05) is 73.6 Å². The van der Waals surface area contributed by atoms with Gasteiger partial charge in [-0.3, -0.25) is 4.79 Å². The minimum atomic E-state index is -0.892. The van der Waals surface area contributed by atoms with Crippen molar-refractivity contribution in [3.05, 3.63) is 48.6 Å². The summed E-state index contributed by atoms with van der Waals surface area (Å²) in [5.74, 6) is -2.43. The molecule has 0 bridgehead atoms. The van der Waals surface area contributed by atoms with Crippen LogP contribution in [0.2, 0.25) is 0 Å². The molecule has 1 amide bonds. The number of allylic oxidation sites excluding steroid dienone is 3. The van der Waals surface area contributed by atoms with Crippen LogP contribution in [0, 0.1) is 41.4 Å². The first kappa shape index (κ1) is 41.6. The van der Waals surface area contributed by atoms with E-state index in [4.69, 9.17) is 9.47 Å². The fourth-order valence-corrected chi connectivity index (χ4v) is 6.13. The first-order chi connectivity index (χ1) is 21.4. The molecule has 0 aromatic carbocycles. The lowest BCUT2D eigenvalue weighted by atomic mass is 9.81. The van der Waals surface area contributed by atoms with E-state index in [-0.39, 0.29) is 48.0 Å². The molecule has 0 spiro atoms. The number of aliphatic hydroxyl groups excluding tert-OH is 4. The van der Waals surface area contributed by atoms with Gasteiger partial charge >= 0.3 is 12.1 Å². The Morgan fingerprint density at radius 1 is 1.00 bits per heavy atom. The first-order valence-corrected chi connectivity index (χ1v) is 17.0. The van der Waals surface area contributed by atoms with Crippen molar-refractivity contribution in [2.75, 3.05) is 0 Å². The summed E-state index contributed by atoms with van der Waals surface area (Å²) in [4.78, 5) is 24.6. The van der Waals surface area contributed by atoms with Gasteiger partial charge in [-0.1, -0.05) is 97.1 Å². The van der Waals surface area contributed by atoms with Crippen LogP contribution in [0.25, 0.3) is 0 Å². The zero-order valence-electron chi connectivity index (χ0n) is 29.8. The fourth-order valence-electron chi connectivity index (χ4n) is 6.13. The van der Waals surface area contributed by atoms with Gasteiger partial charge in [0.05, 0.1) is 30.3 Å². The van der Waals surface area contributed by atoms with E-state index in [1.54, 1.807) is 32.1 Å². The van der Waals surface area contributed by atoms with Gasteiger partial charge in [0.15, 0.2) is 0 Å².